The molecule has 0 N–H and O–H groups in total. The molecule has 0 aromatic heterocycles. The smallest absolute Gasteiger partial charge is 0.469 e. The first-order valence-corrected chi connectivity index (χ1v) is 56.0. The summed E-state index contributed by atoms with van der Waals surface area (Å²) in [6.07, 6.45) is 5.28. The molecule has 0 saturated heterocycles. The van der Waals surface area contributed by atoms with Crippen LogP contribution in [-0.2, 0) is 81.9 Å². The Hall–Kier alpha value is -1.94. The maximum absolute atomic E-state index is 12.2. The zero-order valence-corrected chi connectivity index (χ0v) is 71.2. The van der Waals surface area contributed by atoms with E-state index >= 15 is 0 Å². The predicted octanol–water partition coefficient (Wildman–Crippen LogP) is 17.0. The van der Waals surface area contributed by atoms with Gasteiger partial charge in [0.05, 0.1) is 54.5 Å². The lowest BCUT2D eigenvalue weighted by molar-refractivity contribution is -0.158. The first-order valence-electron chi connectivity index (χ1n) is 31.7. The van der Waals surface area contributed by atoms with E-state index in [4.69, 9.17) is 43.6 Å². The fraction of sp³-hybridized carbons (Fsp3) is 0.871. The SMILES string of the molecule is C=C(C)C(=O)OCCOC(=O)C(C)(C)CC.CCC(C)(C)C(=O)OC.CCC(C)(C)C(=O)OC.CCC(C)(C)C(=O)OCCC[Si](O[Si](C)(C)C)(O[Si](C)(C)C)O[Si](C)(C)C.CCC(C)(C)C(=O)OCCC[Si](O[Si](C)(C)C)(O[Si](C)(C)C)O[Si](C)(C)C. The topological polar surface area (TPSA) is 213 Å². The molecule has 0 saturated carbocycles. The van der Waals surface area contributed by atoms with Gasteiger partial charge in [-0.3, -0.25) is 24.0 Å². The summed E-state index contributed by atoms with van der Waals surface area (Å²) in [6.45, 7) is 73.8. The van der Waals surface area contributed by atoms with Gasteiger partial charge in [0.25, 0.3) is 0 Å². The number of methoxy groups -OCH3 is 2. The molecule has 0 amide bonds. The normalized spacial score (nSPS) is 13.0. The Kier molecular flexibility index (Phi) is 43.4. The molecule has 0 aromatic carbocycles. The van der Waals surface area contributed by atoms with E-state index in [0.717, 1.165) is 25.7 Å². The molecule has 26 heteroatoms. The van der Waals surface area contributed by atoms with E-state index in [1.807, 2.05) is 104 Å². The van der Waals surface area contributed by atoms with Crippen molar-refractivity contribution in [3.05, 3.63) is 12.2 Å². The highest BCUT2D eigenvalue weighted by atomic mass is 28.5. The third-order valence-corrected chi connectivity index (χ3v) is 37.0. The summed E-state index contributed by atoms with van der Waals surface area (Å²) in [4.78, 5) is 68.6. The molecule has 0 heterocycles. The van der Waals surface area contributed by atoms with Crippen LogP contribution >= 0.6 is 0 Å². The van der Waals surface area contributed by atoms with Crippen LogP contribution in [-0.4, -0.2) is 144 Å². The molecule has 0 rings (SSSR count). The first-order chi connectivity index (χ1) is 39.0. The van der Waals surface area contributed by atoms with Crippen molar-refractivity contribution < 1.29 is 81.9 Å². The van der Waals surface area contributed by atoms with Crippen LogP contribution in [0.3, 0.4) is 0 Å². The molecule has 0 fully saturated rings. The van der Waals surface area contributed by atoms with Crippen molar-refractivity contribution in [2.75, 3.05) is 40.6 Å². The van der Waals surface area contributed by atoms with E-state index in [-0.39, 0.29) is 53.9 Å². The predicted molar refractivity (Wildman–Crippen MR) is 380 cm³/mol. The van der Waals surface area contributed by atoms with Crippen LogP contribution in [0.15, 0.2) is 12.2 Å². The van der Waals surface area contributed by atoms with E-state index in [2.05, 4.69) is 134 Å². The molecule has 0 aliphatic rings. The summed E-state index contributed by atoms with van der Waals surface area (Å²) >= 11 is 0. The molecule has 0 aliphatic carbocycles. The number of ether oxygens (including phenoxy) is 6. The van der Waals surface area contributed by atoms with Gasteiger partial charge in [-0.2, -0.15) is 0 Å². The van der Waals surface area contributed by atoms with Crippen LogP contribution in [0.5, 0.6) is 0 Å². The maximum Gasteiger partial charge on any atom is 0.469 e. The van der Waals surface area contributed by atoms with Crippen molar-refractivity contribution in [2.24, 2.45) is 27.1 Å². The van der Waals surface area contributed by atoms with Crippen molar-refractivity contribution >= 4 is 103 Å². The van der Waals surface area contributed by atoms with E-state index in [1.165, 1.54) is 14.2 Å². The number of esters is 6. The van der Waals surface area contributed by atoms with Gasteiger partial charge in [-0.05, 0) is 239 Å². The highest BCUT2D eigenvalue weighted by Gasteiger charge is 2.51. The molecule has 18 nitrogen and oxygen atoms in total. The Bertz CT molecular complexity index is 1880. The summed E-state index contributed by atoms with van der Waals surface area (Å²) in [7, 11) is -14.0. The lowest BCUT2D eigenvalue weighted by Crippen LogP contribution is -2.60. The van der Waals surface area contributed by atoms with Gasteiger partial charge in [0.15, 0.2) is 49.9 Å². The van der Waals surface area contributed by atoms with Gasteiger partial charge in [0, 0.05) is 17.7 Å². The second kappa shape index (κ2) is 40.3. The Morgan fingerprint density at radius 3 is 0.659 bits per heavy atom. The number of hydrogen-bond donors (Lipinski definition) is 0. The van der Waals surface area contributed by atoms with Gasteiger partial charge in [0.1, 0.15) is 13.2 Å². The fourth-order valence-electron chi connectivity index (χ4n) is 6.39. The van der Waals surface area contributed by atoms with Gasteiger partial charge in [0.2, 0.25) is 0 Å². The van der Waals surface area contributed by atoms with Crippen molar-refractivity contribution in [3.63, 3.8) is 0 Å². The molecule has 88 heavy (non-hydrogen) atoms. The lowest BCUT2D eigenvalue weighted by atomic mass is 9.91. The summed E-state index contributed by atoms with van der Waals surface area (Å²) < 4.78 is 69.8. The third-order valence-electron chi connectivity index (χ3n) is 12.9. The Morgan fingerprint density at radius 2 is 0.500 bits per heavy atom. The number of carbonyl (C=O) groups excluding carboxylic acids is 6. The van der Waals surface area contributed by atoms with Crippen LogP contribution in [0.4, 0.5) is 0 Å². The Labute approximate surface area is 547 Å². The average Bonchev–Trinajstić information content (AvgIpc) is 3.47. The highest BCUT2D eigenvalue weighted by molar-refractivity contribution is 6.91. The molecule has 0 unspecified atom stereocenters. The van der Waals surface area contributed by atoms with Gasteiger partial charge in [-0.25, -0.2) is 4.79 Å². The Morgan fingerprint density at radius 1 is 0.318 bits per heavy atom. The van der Waals surface area contributed by atoms with Crippen LogP contribution in [0.2, 0.25) is 130 Å². The number of hydrogen-bond acceptors (Lipinski definition) is 18. The van der Waals surface area contributed by atoms with E-state index in [0.29, 0.717) is 50.1 Å². The summed E-state index contributed by atoms with van der Waals surface area (Å²) in [5.41, 5.74) is -1.65. The minimum atomic E-state index is -2.83. The van der Waals surface area contributed by atoms with Gasteiger partial charge >= 0.3 is 53.4 Å². The number of carbonyl (C=O) groups is 6. The van der Waals surface area contributed by atoms with Crippen molar-refractivity contribution in [1.82, 2.24) is 0 Å². The average molecular weight is 1390 g/mol. The zero-order valence-electron chi connectivity index (χ0n) is 63.2. The molecular formula is C62H136O18Si8. The third kappa shape index (κ3) is 47.9. The molecule has 0 radical (unpaired) electrons. The van der Waals surface area contributed by atoms with Crippen molar-refractivity contribution in [2.45, 2.75) is 286 Å². The quantitative estimate of drug-likeness (QED) is 0.0193. The number of rotatable bonds is 34. The maximum atomic E-state index is 12.2. The summed E-state index contributed by atoms with van der Waals surface area (Å²) in [6, 6.07) is 1.40. The van der Waals surface area contributed by atoms with Gasteiger partial charge in [-0.15, -0.1) is 0 Å². The fourth-order valence-corrected chi connectivity index (χ4v) is 35.6. The van der Waals surface area contributed by atoms with E-state index in [9.17, 15) is 28.8 Å². The minimum absolute atomic E-state index is 0.0667. The zero-order chi connectivity index (χ0) is 71.2. The van der Waals surface area contributed by atoms with Gasteiger partial charge < -0.3 is 53.1 Å². The van der Waals surface area contributed by atoms with Crippen LogP contribution in [0.1, 0.15) is 156 Å². The second-order valence-corrected chi connectivity index (χ2v) is 65.3. The van der Waals surface area contributed by atoms with E-state index in [1.54, 1.807) is 6.92 Å². The van der Waals surface area contributed by atoms with Crippen molar-refractivity contribution in [3.8, 4) is 0 Å². The highest BCUT2D eigenvalue weighted by Crippen LogP contribution is 2.33. The molecule has 0 bridgehead atoms. The molecule has 0 atom stereocenters. The monoisotopic (exact) mass is 1390 g/mol. The first kappa shape index (κ1) is 94.8. The Balaban J connectivity index is -0.000000350. The largest absolute Gasteiger partial charge is 0.469 e. The van der Waals surface area contributed by atoms with Crippen LogP contribution in [0.25, 0.3) is 0 Å². The molecule has 524 valence electrons. The minimum Gasteiger partial charge on any atom is -0.469 e. The molecule has 0 spiro atoms. The second-order valence-electron chi connectivity index (χ2n) is 31.4. The van der Waals surface area contributed by atoms with Crippen LogP contribution in [0, 0.1) is 27.1 Å². The molecule has 0 aliphatic heterocycles. The standard InChI is InChI=1S/2C18H44O5Si4.C12H20O4.2C7H14O2/c2*1-13-18(2,3)17(19)20-15-14-16-27(21-24(4,5)6,22-25(7,8)9)23-26(10,11)12;1-6-12(4,5)11(14)16-8-7-15-10(13)9(2)3;2*1-5-7(2,3)6(8)9-4/h2*13-16H2,1-12H3;2,6-8H2,1,3-5H3;2*5H2,1-4H3. The molecular weight excluding hydrogens is 1260 g/mol. The van der Waals surface area contributed by atoms with Gasteiger partial charge in [-0.1, -0.05) is 41.2 Å². The summed E-state index contributed by atoms with van der Waals surface area (Å²) in [5.74, 6) is -1.29. The van der Waals surface area contributed by atoms with E-state index < -0.39 is 89.7 Å². The van der Waals surface area contributed by atoms with Crippen LogP contribution < -0.4 is 0 Å². The molecule has 0 aromatic rings. The van der Waals surface area contributed by atoms with Crippen molar-refractivity contribution in [1.29, 1.82) is 0 Å². The lowest BCUT2D eigenvalue weighted by Gasteiger charge is -2.43. The summed E-state index contributed by atoms with van der Waals surface area (Å²) in [5, 5.41) is 0.